The van der Waals surface area contributed by atoms with Crippen molar-refractivity contribution in [3.05, 3.63) is 18.0 Å². The van der Waals surface area contributed by atoms with Gasteiger partial charge in [-0.2, -0.15) is 0 Å². The predicted molar refractivity (Wildman–Crippen MR) is 60.8 cm³/mol. The standard InChI is InChI=1S/C10H16N4O2.Y/c1-3-12-9-10(16)14(6-8(11)15)5-4-7(2)13-9;/h4-5,9,12H,3,6H2,1-2H3,(H2,11,15);/p-1. The maximum absolute atomic E-state index is 11.9. The molecule has 2 N–H and O–H groups in total. The number of hydrogen-bond acceptors (Lipinski definition) is 4. The molecular weight excluding hydrogens is 297 g/mol. The van der Waals surface area contributed by atoms with Crippen LogP contribution in [0.3, 0.4) is 0 Å². The van der Waals surface area contributed by atoms with Gasteiger partial charge in [0.25, 0.3) is 5.91 Å². The van der Waals surface area contributed by atoms with Crippen LogP contribution in [-0.4, -0.2) is 41.7 Å². The second-order valence-corrected chi connectivity index (χ2v) is 3.44. The molecule has 91 valence electrons. The molecule has 0 spiro atoms. The Bertz CT molecular complexity index is 354. The average Bonchev–Trinajstić information content (AvgIpc) is 2.32. The van der Waals surface area contributed by atoms with Crippen LogP contribution >= 0.6 is 0 Å². The molecule has 1 aliphatic heterocycles. The van der Waals surface area contributed by atoms with E-state index in [4.69, 9.17) is 5.73 Å². The fourth-order valence-electron chi connectivity index (χ4n) is 1.34. The van der Waals surface area contributed by atoms with Crippen LogP contribution in [0.4, 0.5) is 0 Å². The minimum atomic E-state index is -0.798. The molecule has 1 rings (SSSR count). The van der Waals surface area contributed by atoms with E-state index in [-0.39, 0.29) is 45.2 Å². The normalized spacial score (nSPS) is 19.4. The Kier molecular flexibility index (Phi) is 7.42. The number of allylic oxidation sites excluding steroid dienone is 1. The van der Waals surface area contributed by atoms with E-state index in [9.17, 15) is 9.59 Å². The summed E-state index contributed by atoms with van der Waals surface area (Å²) < 4.78 is 0. The second kappa shape index (κ2) is 7.68. The summed E-state index contributed by atoms with van der Waals surface area (Å²) >= 11 is 0. The third-order valence-corrected chi connectivity index (χ3v) is 2.06. The SMILES string of the molecule is CCNC1N=C(C)C=CN(CC([NH-])=O)C1=O.[Y]. The first-order valence-electron chi connectivity index (χ1n) is 5.05. The van der Waals surface area contributed by atoms with Crippen LogP contribution in [0.1, 0.15) is 13.8 Å². The fraction of sp³-hybridized carbons (Fsp3) is 0.500. The summed E-state index contributed by atoms with van der Waals surface area (Å²) in [5.74, 6) is -1.11. The fourth-order valence-corrected chi connectivity index (χ4v) is 1.34. The smallest absolute Gasteiger partial charge is 0.266 e. The van der Waals surface area contributed by atoms with Crippen LogP contribution in [0.5, 0.6) is 0 Å². The zero-order valence-electron chi connectivity index (χ0n) is 9.93. The third kappa shape index (κ3) is 5.06. The Labute approximate surface area is 126 Å². The monoisotopic (exact) mass is 312 g/mol. The number of carbonyl (C=O) groups excluding carboxylic acids is 2. The van der Waals surface area contributed by atoms with Gasteiger partial charge in [0.2, 0.25) is 0 Å². The molecule has 0 bridgehead atoms. The van der Waals surface area contributed by atoms with E-state index in [0.29, 0.717) is 12.3 Å². The average molecular weight is 312 g/mol. The van der Waals surface area contributed by atoms with Gasteiger partial charge in [-0.25, -0.2) is 0 Å². The molecule has 0 aliphatic carbocycles. The molecule has 1 radical (unpaired) electrons. The van der Waals surface area contributed by atoms with Crippen LogP contribution < -0.4 is 5.32 Å². The summed E-state index contributed by atoms with van der Waals surface area (Å²) in [5.41, 5.74) is 7.58. The Morgan fingerprint density at radius 3 is 2.82 bits per heavy atom. The zero-order valence-corrected chi connectivity index (χ0v) is 12.8. The van der Waals surface area contributed by atoms with Crippen molar-refractivity contribution < 1.29 is 42.3 Å². The van der Waals surface area contributed by atoms with Crippen molar-refractivity contribution >= 4 is 17.5 Å². The van der Waals surface area contributed by atoms with Gasteiger partial charge in [-0.1, -0.05) is 6.92 Å². The van der Waals surface area contributed by atoms with Crippen molar-refractivity contribution in [3.8, 4) is 0 Å². The van der Waals surface area contributed by atoms with Crippen molar-refractivity contribution in [1.82, 2.24) is 10.2 Å². The van der Waals surface area contributed by atoms with E-state index in [2.05, 4.69) is 10.3 Å². The molecule has 0 aromatic heterocycles. The van der Waals surface area contributed by atoms with Gasteiger partial charge >= 0.3 is 0 Å². The van der Waals surface area contributed by atoms with Crippen LogP contribution in [0.2, 0.25) is 0 Å². The molecule has 6 nitrogen and oxygen atoms in total. The zero-order chi connectivity index (χ0) is 12.1. The number of carbonyl (C=O) groups is 2. The van der Waals surface area contributed by atoms with E-state index >= 15 is 0 Å². The molecule has 1 heterocycles. The molecule has 0 aromatic rings. The summed E-state index contributed by atoms with van der Waals surface area (Å²) in [6, 6.07) is 0. The van der Waals surface area contributed by atoms with Gasteiger partial charge in [0.15, 0.2) is 6.17 Å². The minimum absolute atomic E-state index is 0. The van der Waals surface area contributed by atoms with Gasteiger partial charge in [-0.3, -0.25) is 15.1 Å². The Hall–Kier alpha value is -0.586. The molecule has 0 fully saturated rings. The largest absolute Gasteiger partial charge is 0.666 e. The molecule has 1 unspecified atom stereocenters. The van der Waals surface area contributed by atoms with Gasteiger partial charge in [0, 0.05) is 44.6 Å². The predicted octanol–water partition coefficient (Wildman–Crippen LogP) is 0.315. The molecule has 1 atom stereocenters. The van der Waals surface area contributed by atoms with Crippen LogP contribution in [0.25, 0.3) is 5.73 Å². The summed E-state index contributed by atoms with van der Waals surface area (Å²) in [4.78, 5) is 28.0. The number of hydrogen-bond donors (Lipinski definition) is 1. The van der Waals surface area contributed by atoms with Crippen LogP contribution in [-0.2, 0) is 42.3 Å². The van der Waals surface area contributed by atoms with E-state index in [0.717, 1.165) is 0 Å². The van der Waals surface area contributed by atoms with Crippen molar-refractivity contribution in [2.75, 3.05) is 13.1 Å². The first kappa shape index (κ1) is 16.4. The second-order valence-electron chi connectivity index (χ2n) is 3.44. The Morgan fingerprint density at radius 1 is 1.65 bits per heavy atom. The van der Waals surface area contributed by atoms with Gasteiger partial charge in [-0.15, -0.1) is 0 Å². The van der Waals surface area contributed by atoms with Crippen molar-refractivity contribution in [1.29, 1.82) is 0 Å². The first-order valence-corrected chi connectivity index (χ1v) is 5.05. The van der Waals surface area contributed by atoms with E-state index < -0.39 is 12.1 Å². The van der Waals surface area contributed by atoms with Gasteiger partial charge in [0.05, 0.1) is 12.5 Å². The van der Waals surface area contributed by atoms with Gasteiger partial charge in [0.1, 0.15) is 0 Å². The maximum atomic E-state index is 11.9. The number of nitrogens with one attached hydrogen (secondary N) is 2. The van der Waals surface area contributed by atoms with E-state index in [1.165, 1.54) is 11.1 Å². The van der Waals surface area contributed by atoms with Gasteiger partial charge in [-0.05, 0) is 19.5 Å². The summed E-state index contributed by atoms with van der Waals surface area (Å²) in [6.45, 7) is 4.02. The summed E-state index contributed by atoms with van der Waals surface area (Å²) in [5, 5.41) is 2.92. The number of likely N-dealkylation sites (N-methyl/N-ethyl adjacent to an activating group) is 1. The summed E-state index contributed by atoms with van der Waals surface area (Å²) in [6.07, 6.45) is 2.47. The molecule has 17 heavy (non-hydrogen) atoms. The first-order chi connectivity index (χ1) is 7.54. The topological polar surface area (TPSA) is 85.6 Å². The van der Waals surface area contributed by atoms with Crippen LogP contribution in [0.15, 0.2) is 17.3 Å². The Balaban J connectivity index is 0.00000256. The Morgan fingerprint density at radius 2 is 2.29 bits per heavy atom. The molecule has 0 aromatic carbocycles. The number of amides is 2. The van der Waals surface area contributed by atoms with E-state index in [1.54, 1.807) is 13.0 Å². The minimum Gasteiger partial charge on any atom is -0.666 e. The number of aliphatic imine (C=N–C) groups is 1. The molecule has 0 saturated carbocycles. The number of rotatable bonds is 4. The van der Waals surface area contributed by atoms with Crippen molar-refractivity contribution in [3.63, 3.8) is 0 Å². The quantitative estimate of drug-likeness (QED) is 0.811. The molecule has 0 saturated heterocycles. The third-order valence-electron chi connectivity index (χ3n) is 2.06. The van der Waals surface area contributed by atoms with Gasteiger partial charge < -0.3 is 15.4 Å². The van der Waals surface area contributed by atoms with Crippen LogP contribution in [0, 0.1) is 0 Å². The molecule has 2 amide bonds. The number of nitrogens with zero attached hydrogens (tertiary/aromatic N) is 2. The molecular formula is C10H15N4O2Y-. The van der Waals surface area contributed by atoms with E-state index in [1.807, 2.05) is 6.92 Å². The summed E-state index contributed by atoms with van der Waals surface area (Å²) in [7, 11) is 0. The molecule has 1 aliphatic rings. The van der Waals surface area contributed by atoms with Crippen molar-refractivity contribution in [2.45, 2.75) is 20.0 Å². The molecule has 7 heteroatoms. The maximum Gasteiger partial charge on any atom is 0.266 e. The van der Waals surface area contributed by atoms with Crippen molar-refractivity contribution in [2.24, 2.45) is 4.99 Å².